The molecule has 2 heterocycles. The number of amides is 1. The van der Waals surface area contributed by atoms with E-state index >= 15 is 0 Å². The summed E-state index contributed by atoms with van der Waals surface area (Å²) in [4.78, 5) is 15.9. The van der Waals surface area contributed by atoms with Crippen LogP contribution in [0.3, 0.4) is 0 Å². The fourth-order valence-electron chi connectivity index (χ4n) is 3.45. The number of hydrogen-bond acceptors (Lipinski definition) is 3. The van der Waals surface area contributed by atoms with E-state index in [1.165, 1.54) is 0 Å². The molecule has 0 bridgehead atoms. The molecular formula is C21H20N4O. The van der Waals surface area contributed by atoms with Crippen LogP contribution >= 0.6 is 0 Å². The van der Waals surface area contributed by atoms with Crippen LogP contribution in [0.25, 0.3) is 22.0 Å². The molecule has 1 aromatic heterocycles. The Morgan fingerprint density at radius 1 is 1.08 bits per heavy atom. The van der Waals surface area contributed by atoms with Gasteiger partial charge in [-0.25, -0.2) is 0 Å². The highest BCUT2D eigenvalue weighted by Crippen LogP contribution is 2.27. The molecule has 0 aliphatic carbocycles. The minimum Gasteiger partial charge on any atom is -0.360 e. The number of H-pyrrole nitrogens is 1. The van der Waals surface area contributed by atoms with Crippen molar-refractivity contribution in [3.63, 3.8) is 0 Å². The zero-order chi connectivity index (χ0) is 17.9. The van der Waals surface area contributed by atoms with E-state index in [0.29, 0.717) is 11.1 Å². The Morgan fingerprint density at radius 3 is 2.54 bits per heavy atom. The Kier molecular flexibility index (Phi) is 4.42. The number of nitrogens with one attached hydrogen (secondary N) is 3. The number of carbonyl (C=O) groups excluding carboxylic acids is 1. The average molecular weight is 344 g/mol. The van der Waals surface area contributed by atoms with Crippen molar-refractivity contribution in [2.45, 2.75) is 18.9 Å². The molecule has 1 fully saturated rings. The molecule has 26 heavy (non-hydrogen) atoms. The number of nitrogens with zero attached hydrogens (tertiary/aromatic N) is 1. The third-order valence-electron chi connectivity index (χ3n) is 4.95. The molecule has 2 aromatic carbocycles. The molecule has 0 spiro atoms. The average Bonchev–Trinajstić information content (AvgIpc) is 3.12. The van der Waals surface area contributed by atoms with E-state index in [9.17, 15) is 4.79 Å². The van der Waals surface area contributed by atoms with Gasteiger partial charge in [0.25, 0.3) is 5.91 Å². The summed E-state index contributed by atoms with van der Waals surface area (Å²) >= 11 is 0. The van der Waals surface area contributed by atoms with E-state index in [2.05, 4.69) is 21.7 Å². The van der Waals surface area contributed by atoms with E-state index in [-0.39, 0.29) is 11.9 Å². The molecule has 0 radical (unpaired) electrons. The maximum Gasteiger partial charge on any atom is 0.253 e. The van der Waals surface area contributed by atoms with Gasteiger partial charge in [0.2, 0.25) is 0 Å². The van der Waals surface area contributed by atoms with E-state index in [4.69, 9.17) is 5.26 Å². The van der Waals surface area contributed by atoms with Crippen LogP contribution in [0.2, 0.25) is 0 Å². The Balaban J connectivity index is 1.63. The van der Waals surface area contributed by atoms with E-state index in [1.807, 2.05) is 30.3 Å². The van der Waals surface area contributed by atoms with Crippen molar-refractivity contribution >= 4 is 16.8 Å². The number of fused-ring (bicyclic) bond motifs is 1. The van der Waals surface area contributed by atoms with Crippen molar-refractivity contribution in [3.8, 4) is 17.2 Å². The van der Waals surface area contributed by atoms with Gasteiger partial charge in [0, 0.05) is 23.1 Å². The quantitative estimate of drug-likeness (QED) is 0.682. The lowest BCUT2D eigenvalue weighted by molar-refractivity contribution is 0.0931. The zero-order valence-electron chi connectivity index (χ0n) is 14.4. The van der Waals surface area contributed by atoms with Crippen molar-refractivity contribution in [1.82, 2.24) is 15.6 Å². The van der Waals surface area contributed by atoms with E-state index in [0.717, 1.165) is 48.0 Å². The number of benzene rings is 2. The first kappa shape index (κ1) is 16.4. The molecule has 0 unspecified atom stereocenters. The van der Waals surface area contributed by atoms with Gasteiger partial charge in [-0.1, -0.05) is 18.2 Å². The van der Waals surface area contributed by atoms with Crippen LogP contribution in [0.5, 0.6) is 0 Å². The first-order valence-electron chi connectivity index (χ1n) is 8.88. The van der Waals surface area contributed by atoms with E-state index in [1.54, 1.807) is 18.3 Å². The largest absolute Gasteiger partial charge is 0.360 e. The Morgan fingerprint density at radius 2 is 1.81 bits per heavy atom. The fraction of sp³-hybridized carbons (Fsp3) is 0.238. The molecular weight excluding hydrogens is 324 g/mol. The number of piperidine rings is 1. The highest BCUT2D eigenvalue weighted by atomic mass is 16.1. The van der Waals surface area contributed by atoms with Crippen LogP contribution in [0.4, 0.5) is 0 Å². The maximum absolute atomic E-state index is 12.7. The molecule has 1 aliphatic heterocycles. The lowest BCUT2D eigenvalue weighted by Crippen LogP contribution is -2.42. The standard InChI is InChI=1S/C21H20N4O/c22-12-14-1-3-15(4-2-14)16-5-6-20-18(11-16)19(13-24-20)21(26)25-17-7-9-23-10-8-17/h1-6,11,13,17,23-24H,7-10H2,(H,25,26). The van der Waals surface area contributed by atoms with Crippen LogP contribution in [-0.2, 0) is 0 Å². The minimum absolute atomic E-state index is 0.0277. The maximum atomic E-state index is 12.7. The van der Waals surface area contributed by atoms with Crippen molar-refractivity contribution in [3.05, 3.63) is 59.8 Å². The van der Waals surface area contributed by atoms with Gasteiger partial charge in [-0.15, -0.1) is 0 Å². The fourth-order valence-corrected chi connectivity index (χ4v) is 3.45. The van der Waals surface area contributed by atoms with Gasteiger partial charge >= 0.3 is 0 Å². The first-order chi connectivity index (χ1) is 12.7. The number of carbonyl (C=O) groups is 1. The van der Waals surface area contributed by atoms with Gasteiger partial charge < -0.3 is 15.6 Å². The number of aromatic amines is 1. The molecule has 1 amide bonds. The number of aromatic nitrogens is 1. The van der Waals surface area contributed by atoms with Crippen LogP contribution in [0.15, 0.2) is 48.7 Å². The SMILES string of the molecule is N#Cc1ccc(-c2ccc3[nH]cc(C(=O)NC4CCNCC4)c3c2)cc1. The van der Waals surface area contributed by atoms with Crippen molar-refractivity contribution < 1.29 is 4.79 Å². The predicted molar refractivity (Wildman–Crippen MR) is 102 cm³/mol. The van der Waals surface area contributed by atoms with Crippen molar-refractivity contribution in [2.24, 2.45) is 0 Å². The first-order valence-corrected chi connectivity index (χ1v) is 8.88. The summed E-state index contributed by atoms with van der Waals surface area (Å²) in [5.74, 6) is -0.0277. The summed E-state index contributed by atoms with van der Waals surface area (Å²) in [6, 6.07) is 15.9. The highest BCUT2D eigenvalue weighted by Gasteiger charge is 2.18. The molecule has 1 saturated heterocycles. The van der Waals surface area contributed by atoms with Crippen LogP contribution in [0, 0.1) is 11.3 Å². The van der Waals surface area contributed by atoms with E-state index < -0.39 is 0 Å². The van der Waals surface area contributed by atoms with Crippen LogP contribution < -0.4 is 10.6 Å². The van der Waals surface area contributed by atoms with Gasteiger partial charge in [-0.3, -0.25) is 4.79 Å². The van der Waals surface area contributed by atoms with Crippen LogP contribution in [-0.4, -0.2) is 30.0 Å². The summed E-state index contributed by atoms with van der Waals surface area (Å²) in [5.41, 5.74) is 4.31. The van der Waals surface area contributed by atoms with Gasteiger partial charge in [0.1, 0.15) is 0 Å². The Hall–Kier alpha value is -3.10. The normalized spacial score (nSPS) is 14.9. The molecule has 4 rings (SSSR count). The summed E-state index contributed by atoms with van der Waals surface area (Å²) in [6.45, 7) is 1.89. The molecule has 5 nitrogen and oxygen atoms in total. The predicted octanol–water partition coefficient (Wildman–Crippen LogP) is 3.19. The summed E-state index contributed by atoms with van der Waals surface area (Å²) in [7, 11) is 0. The Labute approximate surface area is 152 Å². The van der Waals surface area contributed by atoms with Gasteiger partial charge in [-0.2, -0.15) is 5.26 Å². The molecule has 0 atom stereocenters. The van der Waals surface area contributed by atoms with Gasteiger partial charge in [0.15, 0.2) is 0 Å². The lowest BCUT2D eigenvalue weighted by Gasteiger charge is -2.23. The van der Waals surface area contributed by atoms with Crippen LogP contribution in [0.1, 0.15) is 28.8 Å². The monoisotopic (exact) mass is 344 g/mol. The molecule has 3 aromatic rings. The second kappa shape index (κ2) is 7.03. The Bertz CT molecular complexity index is 975. The topological polar surface area (TPSA) is 80.7 Å². The highest BCUT2D eigenvalue weighted by molar-refractivity contribution is 6.07. The molecule has 3 N–H and O–H groups in total. The lowest BCUT2D eigenvalue weighted by atomic mass is 10.0. The summed E-state index contributed by atoms with van der Waals surface area (Å²) in [5, 5.41) is 16.3. The van der Waals surface area contributed by atoms with Crippen molar-refractivity contribution in [2.75, 3.05) is 13.1 Å². The molecule has 130 valence electrons. The number of rotatable bonds is 3. The summed E-state index contributed by atoms with van der Waals surface area (Å²) < 4.78 is 0. The van der Waals surface area contributed by atoms with Gasteiger partial charge in [0.05, 0.1) is 17.2 Å². The zero-order valence-corrected chi connectivity index (χ0v) is 14.4. The molecule has 1 aliphatic rings. The minimum atomic E-state index is -0.0277. The van der Waals surface area contributed by atoms with Crippen molar-refractivity contribution in [1.29, 1.82) is 5.26 Å². The third kappa shape index (κ3) is 3.19. The second-order valence-corrected chi connectivity index (χ2v) is 6.65. The second-order valence-electron chi connectivity index (χ2n) is 6.65. The molecule has 0 saturated carbocycles. The number of nitriles is 1. The van der Waals surface area contributed by atoms with Gasteiger partial charge in [-0.05, 0) is 61.3 Å². The number of hydrogen-bond donors (Lipinski definition) is 3. The third-order valence-corrected chi connectivity index (χ3v) is 4.95. The summed E-state index contributed by atoms with van der Waals surface area (Å²) in [6.07, 6.45) is 3.71. The molecule has 5 heteroatoms. The smallest absolute Gasteiger partial charge is 0.253 e.